The molecular weight excluding hydrogens is 558 g/mol. The molecule has 1 atom stereocenters. The predicted octanol–water partition coefficient (Wildman–Crippen LogP) is 6.42. The van der Waals surface area contributed by atoms with Gasteiger partial charge in [-0.25, -0.2) is 0 Å². The maximum atomic E-state index is 13.5. The quantitative estimate of drug-likeness (QED) is 0.0537. The molecule has 8 nitrogen and oxygen atoms in total. The van der Waals surface area contributed by atoms with Crippen LogP contribution in [0.15, 0.2) is 101 Å². The lowest BCUT2D eigenvalue weighted by atomic mass is 9.95. The molecule has 10 heteroatoms. The number of aliphatic hydroxyl groups excluding tert-OH is 1. The topological polar surface area (TPSA) is 102 Å². The Balaban J connectivity index is 1.58. The molecule has 1 fully saturated rings. The highest BCUT2D eigenvalue weighted by atomic mass is 32.2. The maximum absolute atomic E-state index is 13.5. The van der Waals surface area contributed by atoms with Gasteiger partial charge in [0.25, 0.3) is 5.78 Å². The average Bonchev–Trinajstić information content (AvgIpc) is 3.58. The molecule has 0 bridgehead atoms. The van der Waals surface area contributed by atoms with Crippen LogP contribution in [0.1, 0.15) is 29.7 Å². The van der Waals surface area contributed by atoms with Crippen molar-refractivity contribution in [3.63, 3.8) is 0 Å². The first-order valence-electron chi connectivity index (χ1n) is 12.9. The zero-order valence-electron chi connectivity index (χ0n) is 22.2. The van der Waals surface area contributed by atoms with Gasteiger partial charge in [0.2, 0.25) is 5.13 Å². The van der Waals surface area contributed by atoms with Crippen LogP contribution in [0.25, 0.3) is 5.76 Å². The molecule has 0 aliphatic carbocycles. The Bertz CT molecular complexity index is 1590. The summed E-state index contributed by atoms with van der Waals surface area (Å²) in [5, 5.41) is 20.2. The number of hydrogen-bond acceptors (Lipinski definition) is 9. The van der Waals surface area contributed by atoms with Crippen molar-refractivity contribution in [2.45, 2.75) is 23.1 Å². The number of ether oxygens (including phenoxy) is 2. The van der Waals surface area contributed by atoms with E-state index in [9.17, 15) is 14.7 Å². The number of nitrogens with zero attached hydrogens (tertiary/aromatic N) is 3. The fourth-order valence-corrected chi connectivity index (χ4v) is 6.23. The monoisotopic (exact) mass is 585 g/mol. The lowest BCUT2D eigenvalue weighted by Crippen LogP contribution is -2.29. The van der Waals surface area contributed by atoms with Gasteiger partial charge < -0.3 is 14.6 Å². The number of ketones is 1. The number of aromatic nitrogens is 2. The van der Waals surface area contributed by atoms with Gasteiger partial charge in [-0.05, 0) is 30.2 Å². The van der Waals surface area contributed by atoms with Gasteiger partial charge in [0, 0.05) is 11.3 Å². The fourth-order valence-electron chi connectivity index (χ4n) is 4.41. The molecule has 5 rings (SSSR count). The first kappa shape index (κ1) is 28.1. The van der Waals surface area contributed by atoms with E-state index < -0.39 is 17.7 Å². The number of rotatable bonds is 11. The largest absolute Gasteiger partial charge is 0.507 e. The first-order valence-corrected chi connectivity index (χ1v) is 14.7. The normalized spacial score (nSPS) is 16.1. The molecule has 208 valence electrons. The van der Waals surface area contributed by atoms with E-state index in [-0.39, 0.29) is 23.1 Å². The molecule has 0 radical (unpaired) electrons. The standard InChI is InChI=1S/C31H27N3O5S2/c1-3-17-39-23-16-15-22(18-24(23)38-4-2)26-25(27(35)21-13-9-6-10-14-21)28(36)29(37)34(26)30-32-33-31(41-30)40-19-20-11-7-5-8-12-20/h3,5-16,18,26,35H,1,4,17,19H2,2H3/b27-25+. The molecule has 4 aromatic rings. The molecule has 3 aromatic carbocycles. The number of benzene rings is 3. The highest BCUT2D eigenvalue weighted by Crippen LogP contribution is 2.45. The van der Waals surface area contributed by atoms with Gasteiger partial charge in [-0.15, -0.1) is 10.2 Å². The molecular formula is C31H27N3O5S2. The lowest BCUT2D eigenvalue weighted by Gasteiger charge is -2.23. The maximum Gasteiger partial charge on any atom is 0.301 e. The number of carbonyl (C=O) groups excluding carboxylic acids is 2. The van der Waals surface area contributed by atoms with E-state index in [0.717, 1.165) is 5.56 Å². The lowest BCUT2D eigenvalue weighted by molar-refractivity contribution is -0.132. The minimum absolute atomic E-state index is 0.0444. The third kappa shape index (κ3) is 6.03. The third-order valence-corrected chi connectivity index (χ3v) is 8.37. The third-order valence-electron chi connectivity index (χ3n) is 6.24. The van der Waals surface area contributed by atoms with E-state index in [4.69, 9.17) is 9.47 Å². The first-order chi connectivity index (χ1) is 20.0. The second-order valence-electron chi connectivity index (χ2n) is 8.90. The smallest absolute Gasteiger partial charge is 0.301 e. The second-order valence-corrected chi connectivity index (χ2v) is 11.1. The van der Waals surface area contributed by atoms with Crippen molar-refractivity contribution in [2.24, 2.45) is 0 Å². The summed E-state index contributed by atoms with van der Waals surface area (Å²) in [6, 6.07) is 22.8. The van der Waals surface area contributed by atoms with E-state index in [1.165, 1.54) is 28.0 Å². The van der Waals surface area contributed by atoms with Crippen molar-refractivity contribution < 1.29 is 24.2 Å². The zero-order valence-corrected chi connectivity index (χ0v) is 23.9. The summed E-state index contributed by atoms with van der Waals surface area (Å²) >= 11 is 2.71. The predicted molar refractivity (Wildman–Crippen MR) is 160 cm³/mol. The average molecular weight is 586 g/mol. The van der Waals surface area contributed by atoms with Crippen molar-refractivity contribution in [1.29, 1.82) is 0 Å². The second kappa shape index (κ2) is 12.8. The van der Waals surface area contributed by atoms with Crippen LogP contribution in [0, 0.1) is 0 Å². The fraction of sp³-hybridized carbons (Fsp3) is 0.161. The van der Waals surface area contributed by atoms with Gasteiger partial charge in [0.1, 0.15) is 12.4 Å². The number of amides is 1. The Kier molecular flexibility index (Phi) is 8.81. The van der Waals surface area contributed by atoms with Crippen LogP contribution in [0.2, 0.25) is 0 Å². The van der Waals surface area contributed by atoms with Crippen molar-refractivity contribution >= 4 is 45.7 Å². The molecule has 1 aliphatic rings. The summed E-state index contributed by atoms with van der Waals surface area (Å²) in [5.74, 6) is -0.275. The highest BCUT2D eigenvalue weighted by molar-refractivity contribution is 8.00. The van der Waals surface area contributed by atoms with Gasteiger partial charge in [0.15, 0.2) is 15.8 Å². The summed E-state index contributed by atoms with van der Waals surface area (Å²) < 4.78 is 12.2. The number of thioether (sulfide) groups is 1. The molecule has 0 spiro atoms. The number of carbonyl (C=O) groups is 2. The highest BCUT2D eigenvalue weighted by Gasteiger charge is 2.48. The van der Waals surface area contributed by atoms with Crippen molar-refractivity contribution in [1.82, 2.24) is 10.2 Å². The van der Waals surface area contributed by atoms with Gasteiger partial charge in [-0.3, -0.25) is 14.5 Å². The van der Waals surface area contributed by atoms with Crippen LogP contribution in [-0.4, -0.2) is 40.2 Å². The van der Waals surface area contributed by atoms with E-state index in [1.807, 2.05) is 37.3 Å². The summed E-state index contributed by atoms with van der Waals surface area (Å²) in [6.07, 6.45) is 1.63. The van der Waals surface area contributed by atoms with Crippen LogP contribution in [0.4, 0.5) is 5.13 Å². The van der Waals surface area contributed by atoms with E-state index in [0.29, 0.717) is 39.3 Å². The summed E-state index contributed by atoms with van der Waals surface area (Å²) in [6.45, 7) is 6.19. The summed E-state index contributed by atoms with van der Waals surface area (Å²) in [7, 11) is 0. The number of anilines is 1. The minimum atomic E-state index is -0.970. The summed E-state index contributed by atoms with van der Waals surface area (Å²) in [5.41, 5.74) is 2.05. The van der Waals surface area contributed by atoms with Crippen molar-refractivity contribution in [2.75, 3.05) is 18.1 Å². The van der Waals surface area contributed by atoms with E-state index in [2.05, 4.69) is 16.8 Å². The van der Waals surface area contributed by atoms with Gasteiger partial charge >= 0.3 is 5.91 Å². The number of Topliss-reactive ketones (excluding diaryl/α,β-unsaturated/α-hetero) is 1. The Hall–Kier alpha value is -4.41. The van der Waals surface area contributed by atoms with Crippen molar-refractivity contribution in [3.8, 4) is 11.5 Å². The Morgan fingerprint density at radius 2 is 1.76 bits per heavy atom. The van der Waals surface area contributed by atoms with Gasteiger partial charge in [-0.2, -0.15) is 0 Å². The van der Waals surface area contributed by atoms with Gasteiger partial charge in [0.05, 0.1) is 18.2 Å². The van der Waals surface area contributed by atoms with E-state index >= 15 is 0 Å². The van der Waals surface area contributed by atoms with Crippen LogP contribution in [0.5, 0.6) is 11.5 Å². The molecule has 1 amide bonds. The summed E-state index contributed by atoms with van der Waals surface area (Å²) in [4.78, 5) is 28.3. The molecule has 41 heavy (non-hydrogen) atoms. The Labute approximate surface area is 246 Å². The Morgan fingerprint density at radius 3 is 2.46 bits per heavy atom. The van der Waals surface area contributed by atoms with Crippen LogP contribution in [0.3, 0.4) is 0 Å². The van der Waals surface area contributed by atoms with Gasteiger partial charge in [-0.1, -0.05) is 102 Å². The van der Waals surface area contributed by atoms with Crippen molar-refractivity contribution in [3.05, 3.63) is 114 Å². The molecule has 1 unspecified atom stereocenters. The molecule has 1 saturated heterocycles. The number of hydrogen-bond donors (Lipinski definition) is 1. The molecule has 1 aliphatic heterocycles. The van der Waals surface area contributed by atoms with Crippen LogP contribution in [-0.2, 0) is 15.3 Å². The Morgan fingerprint density at radius 1 is 1.02 bits per heavy atom. The molecule has 2 heterocycles. The molecule has 0 saturated carbocycles. The molecule has 1 aromatic heterocycles. The zero-order chi connectivity index (χ0) is 28.8. The SMILES string of the molecule is C=CCOc1ccc(C2/C(=C(\O)c3ccccc3)C(=O)C(=O)N2c2nnc(SCc3ccccc3)s2)cc1OCC. The minimum Gasteiger partial charge on any atom is -0.507 e. The number of aliphatic hydroxyl groups is 1. The van der Waals surface area contributed by atoms with Crippen LogP contribution >= 0.6 is 23.1 Å². The molecule has 1 N–H and O–H groups in total. The van der Waals surface area contributed by atoms with Crippen LogP contribution < -0.4 is 14.4 Å². The van der Waals surface area contributed by atoms with E-state index in [1.54, 1.807) is 54.6 Å².